The topological polar surface area (TPSA) is 114 Å². The van der Waals surface area contributed by atoms with Crippen molar-refractivity contribution in [1.82, 2.24) is 15.0 Å². The molecule has 0 amide bonds. The third-order valence-corrected chi connectivity index (χ3v) is 6.72. The van der Waals surface area contributed by atoms with Crippen LogP contribution in [0.4, 0.5) is 42.4 Å². The minimum absolute atomic E-state index is 0.0535. The summed E-state index contributed by atoms with van der Waals surface area (Å²) in [5.41, 5.74) is 2.77. The van der Waals surface area contributed by atoms with E-state index in [1.807, 2.05) is 0 Å². The highest BCUT2D eigenvalue weighted by atomic mass is 19.4. The molecule has 2 saturated heterocycles. The summed E-state index contributed by atoms with van der Waals surface area (Å²) in [6, 6.07) is 9.01. The molecule has 0 atom stereocenters. The second-order valence-corrected chi connectivity index (χ2v) is 9.72. The number of alkyl halides is 3. The van der Waals surface area contributed by atoms with Crippen molar-refractivity contribution in [3.63, 3.8) is 0 Å². The molecule has 10 nitrogen and oxygen atoms in total. The number of rotatable bonds is 7. The fraction of sp³-hybridized carbons (Fsp3) is 0.407. The maximum Gasteiger partial charge on any atom is 0.416 e. The van der Waals surface area contributed by atoms with E-state index in [4.69, 9.17) is 4.98 Å². The molecule has 0 spiro atoms. The minimum atomic E-state index is -4.47. The zero-order chi connectivity index (χ0) is 28.0. The molecule has 0 radical (unpaired) electrons. The molecule has 13 heteroatoms. The Kier molecular flexibility index (Phi) is 8.37. The van der Waals surface area contributed by atoms with Gasteiger partial charge in [-0.1, -0.05) is 6.07 Å². The Morgan fingerprint density at radius 3 is 1.98 bits per heavy atom. The van der Waals surface area contributed by atoms with Crippen LogP contribution in [0.5, 0.6) is 5.75 Å². The first-order valence-corrected chi connectivity index (χ1v) is 13.3. The lowest BCUT2D eigenvalue weighted by molar-refractivity contribution is -0.137. The van der Waals surface area contributed by atoms with E-state index in [-0.39, 0.29) is 11.4 Å². The van der Waals surface area contributed by atoms with E-state index < -0.39 is 11.7 Å². The predicted octanol–water partition coefficient (Wildman–Crippen LogP) is 6.44. The van der Waals surface area contributed by atoms with Gasteiger partial charge in [-0.3, -0.25) is 0 Å². The van der Waals surface area contributed by atoms with Crippen LogP contribution in [-0.4, -0.2) is 52.5 Å². The van der Waals surface area contributed by atoms with E-state index in [2.05, 4.69) is 40.5 Å². The van der Waals surface area contributed by atoms with Gasteiger partial charge in [0.1, 0.15) is 5.75 Å². The van der Waals surface area contributed by atoms with Gasteiger partial charge in [0.25, 0.3) is 0 Å². The average molecular weight is 554 g/mol. The van der Waals surface area contributed by atoms with Crippen molar-refractivity contribution < 1.29 is 18.3 Å². The van der Waals surface area contributed by atoms with Gasteiger partial charge >= 0.3 is 6.18 Å². The zero-order valence-electron chi connectivity index (χ0n) is 21.8. The van der Waals surface area contributed by atoms with Gasteiger partial charge in [-0.2, -0.15) is 43.5 Å². The van der Waals surface area contributed by atoms with Crippen LogP contribution < -0.4 is 15.2 Å². The molecule has 0 saturated carbocycles. The molecule has 2 aliphatic heterocycles. The Balaban J connectivity index is 1.32. The lowest BCUT2D eigenvalue weighted by atomic mass is 10.1. The molecule has 40 heavy (non-hydrogen) atoms. The number of phenolic OH excluding ortho intramolecular Hbond substituents is 1. The molecule has 2 aliphatic rings. The quantitative estimate of drug-likeness (QED) is 0.197. The number of hydrogen-bond donors (Lipinski definition) is 2. The summed E-state index contributed by atoms with van der Waals surface area (Å²) in [5, 5.41) is 22.4. The molecule has 0 aliphatic carbocycles. The van der Waals surface area contributed by atoms with Crippen molar-refractivity contribution in [2.45, 2.75) is 44.7 Å². The number of nitrogens with one attached hydrogen (secondary N) is 1. The molecule has 0 bridgehead atoms. The molecule has 3 aromatic rings. The largest absolute Gasteiger partial charge is 0.507 e. The lowest BCUT2D eigenvalue weighted by Gasteiger charge is -2.30. The van der Waals surface area contributed by atoms with Gasteiger partial charge in [0, 0.05) is 31.7 Å². The zero-order valence-corrected chi connectivity index (χ0v) is 21.8. The summed E-state index contributed by atoms with van der Waals surface area (Å²) in [5.74, 6) is 1.48. The van der Waals surface area contributed by atoms with Crippen LogP contribution in [0.1, 0.15) is 49.7 Å². The van der Waals surface area contributed by atoms with E-state index in [1.165, 1.54) is 49.4 Å². The smallest absolute Gasteiger partial charge is 0.416 e. The van der Waals surface area contributed by atoms with Crippen LogP contribution >= 0.6 is 0 Å². The summed E-state index contributed by atoms with van der Waals surface area (Å²) >= 11 is 0. The maximum absolute atomic E-state index is 13.0. The van der Waals surface area contributed by atoms with Gasteiger partial charge in [0.15, 0.2) is 0 Å². The Morgan fingerprint density at radius 2 is 1.38 bits per heavy atom. The standard InChI is InChI=1S/C27H30F3N9O/c28-27(29,30)20-8-7-9-21(17-20)35-36-22-10-11-23(40)19(16-22)18-31-37-24-32-25(38-12-3-1-4-13-38)34-26(33-24)39-14-5-2-6-15-39/h7-11,16-18,40H,1-6,12-15H2,(H,32,33,34,37)/b31-18-,36-35?. The molecule has 210 valence electrons. The van der Waals surface area contributed by atoms with E-state index in [0.717, 1.165) is 64.0 Å². The Labute approximate surface area is 229 Å². The molecular formula is C27H30F3N9O. The van der Waals surface area contributed by atoms with E-state index in [9.17, 15) is 18.3 Å². The molecule has 0 unspecified atom stereocenters. The molecule has 1 aromatic heterocycles. The number of benzene rings is 2. The highest BCUT2D eigenvalue weighted by Gasteiger charge is 2.30. The minimum Gasteiger partial charge on any atom is -0.507 e. The molecule has 5 rings (SSSR count). The summed E-state index contributed by atoms with van der Waals surface area (Å²) in [6.45, 7) is 3.56. The van der Waals surface area contributed by atoms with E-state index in [1.54, 1.807) is 0 Å². The van der Waals surface area contributed by atoms with Crippen molar-refractivity contribution in [3.8, 4) is 5.75 Å². The van der Waals surface area contributed by atoms with Crippen LogP contribution in [-0.2, 0) is 6.18 Å². The van der Waals surface area contributed by atoms with Crippen LogP contribution in [0.2, 0.25) is 0 Å². The predicted molar refractivity (Wildman–Crippen MR) is 147 cm³/mol. The number of anilines is 3. The molecule has 3 heterocycles. The third-order valence-electron chi connectivity index (χ3n) is 6.72. The second-order valence-electron chi connectivity index (χ2n) is 9.72. The number of nitrogens with zero attached hydrogens (tertiary/aromatic N) is 8. The number of halogens is 3. The van der Waals surface area contributed by atoms with Gasteiger partial charge in [-0.05, 0) is 74.9 Å². The fourth-order valence-corrected chi connectivity index (χ4v) is 4.60. The number of hydrogen-bond acceptors (Lipinski definition) is 10. The van der Waals surface area contributed by atoms with Crippen LogP contribution in [0.3, 0.4) is 0 Å². The van der Waals surface area contributed by atoms with Crippen LogP contribution in [0, 0.1) is 0 Å². The van der Waals surface area contributed by atoms with E-state index in [0.29, 0.717) is 29.1 Å². The van der Waals surface area contributed by atoms with E-state index >= 15 is 0 Å². The molecule has 2 aromatic carbocycles. The van der Waals surface area contributed by atoms with Gasteiger partial charge in [-0.15, -0.1) is 0 Å². The molecule has 2 N–H and O–H groups in total. The van der Waals surface area contributed by atoms with Crippen LogP contribution in [0.15, 0.2) is 57.8 Å². The first-order valence-electron chi connectivity index (χ1n) is 13.3. The normalized spacial score (nSPS) is 16.7. The summed E-state index contributed by atoms with van der Waals surface area (Å²) < 4.78 is 38.9. The van der Waals surface area contributed by atoms with Gasteiger partial charge in [-0.25, -0.2) is 5.43 Å². The number of aromatic nitrogens is 3. The number of phenols is 1. The highest BCUT2D eigenvalue weighted by molar-refractivity contribution is 5.85. The van der Waals surface area contributed by atoms with Crippen molar-refractivity contribution in [2.75, 3.05) is 41.4 Å². The second kappa shape index (κ2) is 12.3. The van der Waals surface area contributed by atoms with Crippen molar-refractivity contribution in [1.29, 1.82) is 0 Å². The Hall–Kier alpha value is -4.29. The number of aromatic hydroxyl groups is 1. The molecule has 2 fully saturated rings. The summed E-state index contributed by atoms with van der Waals surface area (Å²) in [6.07, 6.45) is 3.67. The van der Waals surface area contributed by atoms with Gasteiger partial charge < -0.3 is 14.9 Å². The number of piperidine rings is 2. The third kappa shape index (κ3) is 7.01. The lowest BCUT2D eigenvalue weighted by Crippen LogP contribution is -2.34. The molecular weight excluding hydrogens is 523 g/mol. The first kappa shape index (κ1) is 27.3. The average Bonchev–Trinajstić information content (AvgIpc) is 2.98. The Bertz CT molecular complexity index is 1330. The fourth-order valence-electron chi connectivity index (χ4n) is 4.60. The van der Waals surface area contributed by atoms with Crippen LogP contribution in [0.25, 0.3) is 0 Å². The van der Waals surface area contributed by atoms with Gasteiger partial charge in [0.05, 0.1) is 23.2 Å². The summed E-state index contributed by atoms with van der Waals surface area (Å²) in [4.78, 5) is 18.3. The maximum atomic E-state index is 13.0. The highest BCUT2D eigenvalue weighted by Crippen LogP contribution is 2.32. The van der Waals surface area contributed by atoms with Crippen molar-refractivity contribution >= 4 is 35.4 Å². The number of hydrazone groups is 1. The van der Waals surface area contributed by atoms with Crippen molar-refractivity contribution in [2.24, 2.45) is 15.3 Å². The first-order chi connectivity index (χ1) is 19.3. The number of azo groups is 1. The van der Waals surface area contributed by atoms with Gasteiger partial charge in [0.2, 0.25) is 17.8 Å². The Morgan fingerprint density at radius 1 is 0.775 bits per heavy atom. The summed E-state index contributed by atoms with van der Waals surface area (Å²) in [7, 11) is 0. The monoisotopic (exact) mass is 553 g/mol. The van der Waals surface area contributed by atoms with Crippen molar-refractivity contribution in [3.05, 3.63) is 53.6 Å². The SMILES string of the molecule is Oc1ccc(N=Nc2cccc(C(F)(F)F)c2)cc1/C=N\Nc1nc(N2CCCCC2)nc(N2CCCCC2)n1.